The van der Waals surface area contributed by atoms with E-state index in [9.17, 15) is 14.4 Å². The molecule has 6 nitrogen and oxygen atoms in total. The number of carbonyl (C=O) groups is 3. The second-order valence-corrected chi connectivity index (χ2v) is 6.63. The molecule has 3 rings (SSSR count). The van der Waals surface area contributed by atoms with Gasteiger partial charge in [-0.3, -0.25) is 19.3 Å². The van der Waals surface area contributed by atoms with Gasteiger partial charge in [-0.1, -0.05) is 6.07 Å². The summed E-state index contributed by atoms with van der Waals surface area (Å²) in [5.41, 5.74) is 0. The molecule has 0 saturated carbocycles. The van der Waals surface area contributed by atoms with Gasteiger partial charge in [0.25, 0.3) is 0 Å². The van der Waals surface area contributed by atoms with E-state index < -0.39 is 0 Å². The second kappa shape index (κ2) is 7.44. The lowest BCUT2D eigenvalue weighted by atomic mass is 10.3. The van der Waals surface area contributed by atoms with E-state index in [0.29, 0.717) is 18.8 Å². The minimum atomic E-state index is -0.274. The minimum absolute atomic E-state index is 0.192. The summed E-state index contributed by atoms with van der Waals surface area (Å²) in [7, 11) is 0. The van der Waals surface area contributed by atoms with Crippen molar-refractivity contribution in [2.45, 2.75) is 25.8 Å². The lowest BCUT2D eigenvalue weighted by molar-refractivity contribution is -0.145. The second-order valence-electron chi connectivity index (χ2n) is 5.60. The Morgan fingerprint density at radius 1 is 1.21 bits per heavy atom. The van der Waals surface area contributed by atoms with E-state index in [1.165, 1.54) is 4.88 Å². The Labute approximate surface area is 143 Å². The Morgan fingerprint density at radius 3 is 2.62 bits per heavy atom. The van der Waals surface area contributed by atoms with E-state index >= 15 is 0 Å². The third-order valence-corrected chi connectivity index (χ3v) is 4.87. The van der Waals surface area contributed by atoms with Crippen molar-refractivity contribution in [3.63, 3.8) is 0 Å². The summed E-state index contributed by atoms with van der Waals surface area (Å²) >= 11 is 1.64. The monoisotopic (exact) mass is 346 g/mol. The molecule has 1 aliphatic heterocycles. The molecule has 2 aromatic rings. The van der Waals surface area contributed by atoms with E-state index in [4.69, 9.17) is 4.42 Å². The van der Waals surface area contributed by atoms with Crippen LogP contribution in [0.2, 0.25) is 0 Å². The highest BCUT2D eigenvalue weighted by molar-refractivity contribution is 7.09. The number of imide groups is 1. The fourth-order valence-corrected chi connectivity index (χ4v) is 3.32. The molecular weight excluding hydrogens is 328 g/mol. The van der Waals surface area contributed by atoms with Crippen molar-refractivity contribution in [2.75, 3.05) is 13.1 Å². The molecule has 0 N–H and O–H groups in total. The van der Waals surface area contributed by atoms with Gasteiger partial charge in [0, 0.05) is 24.3 Å². The van der Waals surface area contributed by atoms with Crippen molar-refractivity contribution in [1.29, 1.82) is 0 Å². The number of carbonyl (C=O) groups excluding carboxylic acids is 3. The van der Waals surface area contributed by atoms with Gasteiger partial charge >= 0.3 is 0 Å². The number of thiophene rings is 1. The van der Waals surface area contributed by atoms with Crippen LogP contribution in [0.4, 0.5) is 0 Å². The first-order valence-corrected chi connectivity index (χ1v) is 8.67. The lowest BCUT2D eigenvalue weighted by Crippen LogP contribution is -2.42. The number of likely N-dealkylation sites (tertiary alicyclic amines) is 1. The number of hydrogen-bond acceptors (Lipinski definition) is 5. The van der Waals surface area contributed by atoms with Crippen molar-refractivity contribution in [3.05, 3.63) is 46.5 Å². The molecular formula is C17H18N2O4S. The Balaban J connectivity index is 1.66. The largest absolute Gasteiger partial charge is 0.467 e. The van der Waals surface area contributed by atoms with Gasteiger partial charge in [-0.05, 0) is 30.0 Å². The van der Waals surface area contributed by atoms with Crippen LogP contribution in [0.5, 0.6) is 0 Å². The third-order valence-electron chi connectivity index (χ3n) is 3.94. The predicted molar refractivity (Wildman–Crippen MR) is 88.1 cm³/mol. The zero-order valence-corrected chi connectivity index (χ0v) is 14.0. The number of furan rings is 1. The number of nitrogens with zero attached hydrogens (tertiary/aromatic N) is 2. The number of hydrogen-bond donors (Lipinski definition) is 0. The molecule has 0 spiro atoms. The van der Waals surface area contributed by atoms with E-state index in [1.807, 2.05) is 17.5 Å². The molecule has 0 atom stereocenters. The normalized spacial score (nSPS) is 14.4. The third kappa shape index (κ3) is 3.91. The van der Waals surface area contributed by atoms with Gasteiger partial charge in [-0.2, -0.15) is 0 Å². The van der Waals surface area contributed by atoms with E-state index in [-0.39, 0.29) is 37.1 Å². The van der Waals surface area contributed by atoms with Gasteiger partial charge in [0.2, 0.25) is 17.7 Å². The van der Waals surface area contributed by atoms with E-state index in [1.54, 1.807) is 34.6 Å². The van der Waals surface area contributed by atoms with Crippen molar-refractivity contribution in [1.82, 2.24) is 9.80 Å². The lowest BCUT2D eigenvalue weighted by Gasteiger charge is -2.24. The molecule has 3 amide bonds. The Morgan fingerprint density at radius 2 is 2.00 bits per heavy atom. The van der Waals surface area contributed by atoms with Crippen LogP contribution < -0.4 is 0 Å². The van der Waals surface area contributed by atoms with Crippen LogP contribution in [0.1, 0.15) is 23.5 Å². The Kier molecular flexibility index (Phi) is 5.10. The summed E-state index contributed by atoms with van der Waals surface area (Å²) in [5, 5.41) is 2.00. The van der Waals surface area contributed by atoms with Crippen molar-refractivity contribution in [2.24, 2.45) is 0 Å². The Bertz CT molecular complexity index is 693. The molecule has 1 aliphatic rings. The fraction of sp³-hybridized carbons (Fsp3) is 0.353. The van der Waals surface area contributed by atoms with Gasteiger partial charge in [-0.15, -0.1) is 11.3 Å². The minimum Gasteiger partial charge on any atom is -0.467 e. The molecule has 126 valence electrons. The molecule has 0 aromatic carbocycles. The maximum atomic E-state index is 12.6. The standard InChI is InChI=1S/C17H18N2O4S/c20-15-5-6-16(21)19(15)12-17(22)18(11-13-3-1-9-23-13)8-7-14-4-2-10-24-14/h1-4,9-10H,5-8,11-12H2. The van der Waals surface area contributed by atoms with Crippen molar-refractivity contribution < 1.29 is 18.8 Å². The maximum Gasteiger partial charge on any atom is 0.243 e. The zero-order chi connectivity index (χ0) is 16.9. The average Bonchev–Trinajstić information content (AvgIpc) is 3.31. The zero-order valence-electron chi connectivity index (χ0n) is 13.1. The molecule has 1 saturated heterocycles. The van der Waals surface area contributed by atoms with Gasteiger partial charge in [0.15, 0.2) is 0 Å². The molecule has 1 fully saturated rings. The summed E-state index contributed by atoms with van der Waals surface area (Å²) in [6.45, 7) is 0.645. The molecule has 24 heavy (non-hydrogen) atoms. The first kappa shape index (κ1) is 16.4. The van der Waals surface area contributed by atoms with Crippen LogP contribution in [0.3, 0.4) is 0 Å². The van der Waals surface area contributed by atoms with Crippen LogP contribution in [0.15, 0.2) is 40.3 Å². The highest BCUT2D eigenvalue weighted by Gasteiger charge is 2.31. The van der Waals surface area contributed by atoms with Crippen LogP contribution >= 0.6 is 11.3 Å². The molecule has 7 heteroatoms. The van der Waals surface area contributed by atoms with Crippen LogP contribution in [-0.2, 0) is 27.3 Å². The first-order chi connectivity index (χ1) is 11.6. The molecule has 0 bridgehead atoms. The maximum absolute atomic E-state index is 12.6. The molecule has 3 heterocycles. The molecule has 0 unspecified atom stereocenters. The van der Waals surface area contributed by atoms with Gasteiger partial charge in [0.05, 0.1) is 12.8 Å². The quantitative estimate of drug-likeness (QED) is 0.720. The SMILES string of the molecule is O=C(CN1C(=O)CCC1=O)N(CCc1cccs1)Cc1ccco1. The smallest absolute Gasteiger partial charge is 0.243 e. The average molecular weight is 346 g/mol. The summed E-state index contributed by atoms with van der Waals surface area (Å²) in [6.07, 6.45) is 2.68. The fourth-order valence-electron chi connectivity index (χ4n) is 2.62. The van der Waals surface area contributed by atoms with Gasteiger partial charge < -0.3 is 9.32 Å². The topological polar surface area (TPSA) is 70.8 Å². The summed E-state index contributed by atoms with van der Waals surface area (Å²) < 4.78 is 5.32. The summed E-state index contributed by atoms with van der Waals surface area (Å²) in [4.78, 5) is 39.9. The molecule has 0 aliphatic carbocycles. The van der Waals surface area contributed by atoms with Crippen LogP contribution in [0.25, 0.3) is 0 Å². The van der Waals surface area contributed by atoms with Crippen LogP contribution in [0, 0.1) is 0 Å². The van der Waals surface area contributed by atoms with E-state index in [2.05, 4.69) is 0 Å². The highest BCUT2D eigenvalue weighted by atomic mass is 32.1. The molecule has 0 radical (unpaired) electrons. The van der Waals surface area contributed by atoms with Crippen molar-refractivity contribution >= 4 is 29.1 Å². The Hall–Kier alpha value is -2.41. The van der Waals surface area contributed by atoms with Crippen LogP contribution in [-0.4, -0.2) is 40.6 Å². The predicted octanol–water partition coefficient (Wildman–Crippen LogP) is 2.06. The summed E-state index contributed by atoms with van der Waals surface area (Å²) in [6, 6.07) is 7.57. The van der Waals surface area contributed by atoms with Gasteiger partial charge in [0.1, 0.15) is 12.3 Å². The van der Waals surface area contributed by atoms with E-state index in [0.717, 1.165) is 11.3 Å². The number of amides is 3. The molecule has 2 aromatic heterocycles. The number of rotatable bonds is 7. The first-order valence-electron chi connectivity index (χ1n) is 7.79. The van der Waals surface area contributed by atoms with Crippen molar-refractivity contribution in [3.8, 4) is 0 Å². The summed E-state index contributed by atoms with van der Waals surface area (Å²) in [5.74, 6) is -0.116. The van der Waals surface area contributed by atoms with Gasteiger partial charge in [-0.25, -0.2) is 0 Å². The highest BCUT2D eigenvalue weighted by Crippen LogP contribution is 2.15.